The number of nitrogens with one attached hydrogen (secondary N) is 1. The van der Waals surface area contributed by atoms with Gasteiger partial charge >= 0.3 is 0 Å². The van der Waals surface area contributed by atoms with E-state index in [1.165, 1.54) is 17.2 Å². The minimum atomic E-state index is -0.135. The van der Waals surface area contributed by atoms with Gasteiger partial charge in [-0.2, -0.15) is 0 Å². The molecular weight excluding hydrogens is 249 g/mol. The van der Waals surface area contributed by atoms with E-state index in [1.54, 1.807) is 6.07 Å². The van der Waals surface area contributed by atoms with Crippen molar-refractivity contribution in [3.05, 3.63) is 71.0 Å². The Hall–Kier alpha value is -1.67. The lowest BCUT2D eigenvalue weighted by Crippen LogP contribution is -2.25. The molecule has 0 amide bonds. The fourth-order valence-corrected chi connectivity index (χ4v) is 2.65. The van der Waals surface area contributed by atoms with Gasteiger partial charge in [-0.1, -0.05) is 49.4 Å². The standard InChI is InChI=1S/C18H22FN/c1-4-18(16-11-7-8-12-17(16)19)20-14(3)15-10-6-5-9-13(15)2/h5-12,14,18,20H,4H2,1-3H3/t14-,18?/m1/s1. The second-order valence-corrected chi connectivity index (χ2v) is 5.23. The van der Waals surface area contributed by atoms with E-state index in [4.69, 9.17) is 0 Å². The highest BCUT2D eigenvalue weighted by atomic mass is 19.1. The van der Waals surface area contributed by atoms with Gasteiger partial charge in [0.25, 0.3) is 0 Å². The van der Waals surface area contributed by atoms with Crippen LogP contribution in [0, 0.1) is 12.7 Å². The molecule has 0 fully saturated rings. The molecular formula is C18H22FN. The predicted octanol–water partition coefficient (Wildman–Crippen LogP) is 4.94. The van der Waals surface area contributed by atoms with E-state index in [0.29, 0.717) is 0 Å². The second kappa shape index (κ2) is 6.67. The van der Waals surface area contributed by atoms with Gasteiger partial charge in [0.05, 0.1) is 0 Å². The molecule has 0 saturated heterocycles. The Morgan fingerprint density at radius 1 is 1.00 bits per heavy atom. The first kappa shape index (κ1) is 14.7. The van der Waals surface area contributed by atoms with Crippen LogP contribution < -0.4 is 5.32 Å². The van der Waals surface area contributed by atoms with Crippen LogP contribution in [0.25, 0.3) is 0 Å². The molecule has 1 nitrogen and oxygen atoms in total. The molecule has 2 aromatic carbocycles. The van der Waals surface area contributed by atoms with Crippen molar-refractivity contribution < 1.29 is 4.39 Å². The SMILES string of the molecule is CCC(N[C@H](C)c1ccccc1C)c1ccccc1F. The Bertz CT molecular complexity index is 565. The molecule has 0 aliphatic heterocycles. The van der Waals surface area contributed by atoms with E-state index < -0.39 is 0 Å². The van der Waals surface area contributed by atoms with Crippen molar-refractivity contribution in [3.8, 4) is 0 Å². The molecule has 2 heteroatoms. The molecule has 106 valence electrons. The lowest BCUT2D eigenvalue weighted by Gasteiger charge is -2.24. The number of halogens is 1. The Kier molecular flexibility index (Phi) is 4.91. The summed E-state index contributed by atoms with van der Waals surface area (Å²) in [6.07, 6.45) is 0.858. The van der Waals surface area contributed by atoms with Gasteiger partial charge in [0.1, 0.15) is 5.82 Å². The zero-order valence-electron chi connectivity index (χ0n) is 12.4. The summed E-state index contributed by atoms with van der Waals surface area (Å²) < 4.78 is 13.9. The summed E-state index contributed by atoms with van der Waals surface area (Å²) in [5.74, 6) is -0.135. The monoisotopic (exact) mass is 271 g/mol. The minimum absolute atomic E-state index is 0.0332. The van der Waals surface area contributed by atoms with Crippen molar-refractivity contribution >= 4 is 0 Å². The highest BCUT2D eigenvalue weighted by Crippen LogP contribution is 2.25. The average molecular weight is 271 g/mol. The summed E-state index contributed by atoms with van der Waals surface area (Å²) in [5, 5.41) is 3.54. The van der Waals surface area contributed by atoms with Gasteiger partial charge in [-0.3, -0.25) is 0 Å². The third-order valence-electron chi connectivity index (χ3n) is 3.80. The highest BCUT2D eigenvalue weighted by molar-refractivity contribution is 5.29. The highest BCUT2D eigenvalue weighted by Gasteiger charge is 2.17. The third-order valence-corrected chi connectivity index (χ3v) is 3.80. The number of hydrogen-bond donors (Lipinski definition) is 1. The third kappa shape index (κ3) is 3.26. The van der Waals surface area contributed by atoms with E-state index in [0.717, 1.165) is 12.0 Å². The van der Waals surface area contributed by atoms with Crippen LogP contribution in [0.1, 0.15) is 49.0 Å². The number of benzene rings is 2. The molecule has 2 aromatic rings. The molecule has 20 heavy (non-hydrogen) atoms. The molecule has 2 rings (SSSR count). The van der Waals surface area contributed by atoms with E-state index in [-0.39, 0.29) is 17.9 Å². The maximum Gasteiger partial charge on any atom is 0.127 e. The van der Waals surface area contributed by atoms with Gasteiger partial charge in [0.15, 0.2) is 0 Å². The largest absolute Gasteiger partial charge is 0.303 e. The van der Waals surface area contributed by atoms with Crippen LogP contribution in [-0.4, -0.2) is 0 Å². The first-order chi connectivity index (χ1) is 9.63. The summed E-state index contributed by atoms with van der Waals surface area (Å²) in [7, 11) is 0. The van der Waals surface area contributed by atoms with Crippen molar-refractivity contribution in [1.29, 1.82) is 0 Å². The fourth-order valence-electron chi connectivity index (χ4n) is 2.65. The van der Waals surface area contributed by atoms with Crippen LogP contribution in [0.5, 0.6) is 0 Å². The first-order valence-corrected chi connectivity index (χ1v) is 7.19. The Morgan fingerprint density at radius 3 is 2.20 bits per heavy atom. The average Bonchev–Trinajstić information content (AvgIpc) is 2.46. The van der Waals surface area contributed by atoms with E-state index in [2.05, 4.69) is 38.2 Å². The van der Waals surface area contributed by atoms with Crippen LogP contribution in [0.15, 0.2) is 48.5 Å². The Balaban J connectivity index is 2.19. The summed E-state index contributed by atoms with van der Waals surface area (Å²) in [5.41, 5.74) is 3.27. The quantitative estimate of drug-likeness (QED) is 0.812. The first-order valence-electron chi connectivity index (χ1n) is 7.19. The topological polar surface area (TPSA) is 12.0 Å². The maximum atomic E-state index is 13.9. The second-order valence-electron chi connectivity index (χ2n) is 5.23. The van der Waals surface area contributed by atoms with Crippen molar-refractivity contribution in [2.75, 3.05) is 0 Å². The molecule has 0 aliphatic rings. The van der Waals surface area contributed by atoms with Crippen LogP contribution in [0.3, 0.4) is 0 Å². The van der Waals surface area contributed by atoms with Crippen LogP contribution in [0.2, 0.25) is 0 Å². The molecule has 0 spiro atoms. The van der Waals surface area contributed by atoms with Gasteiger partial charge in [0.2, 0.25) is 0 Å². The van der Waals surface area contributed by atoms with E-state index in [9.17, 15) is 4.39 Å². The predicted molar refractivity (Wildman–Crippen MR) is 82.2 cm³/mol. The summed E-state index contributed by atoms with van der Waals surface area (Å²) in [4.78, 5) is 0. The van der Waals surface area contributed by atoms with Gasteiger partial charge in [-0.05, 0) is 37.5 Å². The Labute approximate surface area is 120 Å². The molecule has 0 heterocycles. The fraction of sp³-hybridized carbons (Fsp3) is 0.333. The molecule has 1 N–H and O–H groups in total. The molecule has 0 aromatic heterocycles. The van der Waals surface area contributed by atoms with Gasteiger partial charge < -0.3 is 5.32 Å². The maximum absolute atomic E-state index is 13.9. The number of rotatable bonds is 5. The van der Waals surface area contributed by atoms with Crippen LogP contribution >= 0.6 is 0 Å². The Morgan fingerprint density at radius 2 is 1.60 bits per heavy atom. The molecule has 0 radical (unpaired) electrons. The van der Waals surface area contributed by atoms with Crippen molar-refractivity contribution in [3.63, 3.8) is 0 Å². The van der Waals surface area contributed by atoms with Crippen molar-refractivity contribution in [2.24, 2.45) is 0 Å². The van der Waals surface area contributed by atoms with Crippen LogP contribution in [0.4, 0.5) is 4.39 Å². The molecule has 0 aliphatic carbocycles. The molecule has 1 unspecified atom stereocenters. The lowest BCUT2D eigenvalue weighted by atomic mass is 9.98. The van der Waals surface area contributed by atoms with Gasteiger partial charge in [0, 0.05) is 17.6 Å². The van der Waals surface area contributed by atoms with Gasteiger partial charge in [-0.15, -0.1) is 0 Å². The van der Waals surface area contributed by atoms with Gasteiger partial charge in [-0.25, -0.2) is 4.39 Å². The smallest absolute Gasteiger partial charge is 0.127 e. The van der Waals surface area contributed by atoms with Crippen molar-refractivity contribution in [2.45, 2.75) is 39.3 Å². The van der Waals surface area contributed by atoms with E-state index in [1.807, 2.05) is 24.3 Å². The normalized spacial score (nSPS) is 14.0. The molecule has 0 saturated carbocycles. The number of aryl methyl sites for hydroxylation is 1. The van der Waals surface area contributed by atoms with E-state index >= 15 is 0 Å². The van der Waals surface area contributed by atoms with Crippen molar-refractivity contribution in [1.82, 2.24) is 5.32 Å². The summed E-state index contributed by atoms with van der Waals surface area (Å²) >= 11 is 0. The molecule has 2 atom stereocenters. The minimum Gasteiger partial charge on any atom is -0.303 e. The zero-order chi connectivity index (χ0) is 14.5. The summed E-state index contributed by atoms with van der Waals surface area (Å²) in [6.45, 7) is 6.32. The summed E-state index contributed by atoms with van der Waals surface area (Å²) in [6, 6.07) is 15.6. The molecule has 0 bridgehead atoms. The number of hydrogen-bond acceptors (Lipinski definition) is 1. The zero-order valence-corrected chi connectivity index (χ0v) is 12.4. The lowest BCUT2D eigenvalue weighted by molar-refractivity contribution is 0.438. The van der Waals surface area contributed by atoms with Crippen LogP contribution in [-0.2, 0) is 0 Å².